The number of rotatable bonds is 4. The Bertz CT molecular complexity index is 478. The molecule has 0 saturated carbocycles. The molecule has 0 N–H and O–H groups in total. The first-order valence-electron chi connectivity index (χ1n) is 7.89. The van der Waals surface area contributed by atoms with Crippen molar-refractivity contribution >= 4 is 20.5 Å². The second-order valence-electron chi connectivity index (χ2n) is 6.65. The average molecular weight is 324 g/mol. The Balaban J connectivity index is 0.00000211. The lowest BCUT2D eigenvalue weighted by atomic mass is 9.86. The second-order valence-corrected chi connectivity index (χ2v) is 7.28. The number of hydrogen-bond acceptors (Lipinski definition) is 2. The standard InChI is InChI=1S/C16H27N2OP.C2H6/c1-16(2,3)13-8-7-12(14(20)10-13)9-15(19)18(6)11-17(4)5;1-2/h7-8,10H,9,11,20H2,1-6H3;1-2H3. The number of amides is 1. The van der Waals surface area contributed by atoms with Crippen LogP contribution < -0.4 is 5.30 Å². The Kier molecular flexibility index (Phi) is 8.88. The summed E-state index contributed by atoms with van der Waals surface area (Å²) in [6.07, 6.45) is 0.452. The fraction of sp³-hybridized carbons (Fsp3) is 0.611. The van der Waals surface area contributed by atoms with Crippen LogP contribution in [0.2, 0.25) is 0 Å². The van der Waals surface area contributed by atoms with Crippen LogP contribution in [0.4, 0.5) is 0 Å². The molecular weight excluding hydrogens is 291 g/mol. The molecule has 0 fully saturated rings. The van der Waals surface area contributed by atoms with E-state index in [9.17, 15) is 4.79 Å². The van der Waals surface area contributed by atoms with Crippen LogP contribution >= 0.6 is 9.24 Å². The highest BCUT2D eigenvalue weighted by Crippen LogP contribution is 2.22. The largest absolute Gasteiger partial charge is 0.332 e. The quantitative estimate of drug-likeness (QED) is 0.628. The molecule has 0 aliphatic heterocycles. The van der Waals surface area contributed by atoms with E-state index in [2.05, 4.69) is 48.2 Å². The zero-order chi connectivity index (χ0) is 17.5. The van der Waals surface area contributed by atoms with E-state index in [0.717, 1.165) is 10.9 Å². The van der Waals surface area contributed by atoms with Crippen LogP contribution in [0.1, 0.15) is 45.7 Å². The van der Waals surface area contributed by atoms with Crippen molar-refractivity contribution in [2.45, 2.75) is 46.5 Å². The summed E-state index contributed by atoms with van der Waals surface area (Å²) in [4.78, 5) is 15.9. The van der Waals surface area contributed by atoms with Gasteiger partial charge in [0.2, 0.25) is 5.91 Å². The third-order valence-corrected chi connectivity index (χ3v) is 3.81. The fourth-order valence-electron chi connectivity index (χ4n) is 2.02. The number of carbonyl (C=O) groups excluding carboxylic acids is 1. The topological polar surface area (TPSA) is 23.6 Å². The van der Waals surface area contributed by atoms with Crippen molar-refractivity contribution in [2.24, 2.45) is 0 Å². The van der Waals surface area contributed by atoms with Gasteiger partial charge in [-0.15, -0.1) is 9.24 Å². The molecule has 0 heterocycles. The van der Waals surface area contributed by atoms with Crippen LogP contribution in [0.15, 0.2) is 18.2 Å². The molecule has 0 radical (unpaired) electrons. The van der Waals surface area contributed by atoms with Crippen molar-refractivity contribution in [3.63, 3.8) is 0 Å². The monoisotopic (exact) mass is 324 g/mol. The number of benzene rings is 1. The maximum Gasteiger partial charge on any atom is 0.227 e. The third kappa shape index (κ3) is 6.89. The van der Waals surface area contributed by atoms with Crippen LogP contribution in [-0.2, 0) is 16.6 Å². The number of likely N-dealkylation sites (N-methyl/N-ethyl adjacent to an activating group) is 1. The molecule has 1 rings (SSSR count). The van der Waals surface area contributed by atoms with Crippen molar-refractivity contribution in [1.82, 2.24) is 9.80 Å². The molecule has 0 saturated heterocycles. The highest BCUT2D eigenvalue weighted by molar-refractivity contribution is 7.27. The molecule has 4 heteroatoms. The number of carbonyl (C=O) groups is 1. The van der Waals surface area contributed by atoms with Gasteiger partial charge in [0, 0.05) is 7.05 Å². The van der Waals surface area contributed by atoms with E-state index < -0.39 is 0 Å². The average Bonchev–Trinajstić information content (AvgIpc) is 2.41. The van der Waals surface area contributed by atoms with Gasteiger partial charge in [0.25, 0.3) is 0 Å². The lowest BCUT2D eigenvalue weighted by Gasteiger charge is -2.23. The minimum Gasteiger partial charge on any atom is -0.332 e. The third-order valence-electron chi connectivity index (χ3n) is 3.27. The fourth-order valence-corrected chi connectivity index (χ4v) is 2.40. The lowest BCUT2D eigenvalue weighted by molar-refractivity contribution is -0.130. The van der Waals surface area contributed by atoms with Gasteiger partial charge in [-0.3, -0.25) is 9.69 Å². The molecule has 0 aromatic heterocycles. The van der Waals surface area contributed by atoms with Crippen LogP contribution in [-0.4, -0.2) is 43.5 Å². The Morgan fingerprint density at radius 2 is 1.68 bits per heavy atom. The van der Waals surface area contributed by atoms with E-state index in [-0.39, 0.29) is 11.3 Å². The molecule has 0 aliphatic rings. The lowest BCUT2D eigenvalue weighted by Crippen LogP contribution is -2.36. The highest BCUT2D eigenvalue weighted by Gasteiger charge is 2.16. The van der Waals surface area contributed by atoms with Gasteiger partial charge >= 0.3 is 0 Å². The number of hydrogen-bond donors (Lipinski definition) is 0. The molecule has 1 unspecified atom stereocenters. The molecule has 3 nitrogen and oxygen atoms in total. The maximum absolute atomic E-state index is 12.2. The summed E-state index contributed by atoms with van der Waals surface area (Å²) in [5, 5.41) is 1.11. The Labute approximate surface area is 139 Å². The van der Waals surface area contributed by atoms with Gasteiger partial charge in [-0.1, -0.05) is 52.8 Å². The summed E-state index contributed by atoms with van der Waals surface area (Å²) in [5.41, 5.74) is 2.51. The first-order valence-corrected chi connectivity index (χ1v) is 8.46. The van der Waals surface area contributed by atoms with E-state index in [0.29, 0.717) is 13.1 Å². The zero-order valence-corrected chi connectivity index (χ0v) is 16.7. The van der Waals surface area contributed by atoms with Crippen LogP contribution in [0, 0.1) is 0 Å². The Morgan fingerprint density at radius 3 is 2.09 bits per heavy atom. The predicted octanol–water partition coefficient (Wildman–Crippen LogP) is 3.03. The smallest absolute Gasteiger partial charge is 0.227 e. The van der Waals surface area contributed by atoms with Gasteiger partial charge in [-0.25, -0.2) is 0 Å². The maximum atomic E-state index is 12.2. The summed E-state index contributed by atoms with van der Waals surface area (Å²) >= 11 is 0. The number of nitrogens with zero attached hydrogens (tertiary/aromatic N) is 2. The van der Waals surface area contributed by atoms with E-state index in [4.69, 9.17) is 0 Å². The molecule has 22 heavy (non-hydrogen) atoms. The Morgan fingerprint density at radius 1 is 1.14 bits per heavy atom. The van der Waals surface area contributed by atoms with Crippen molar-refractivity contribution < 1.29 is 4.79 Å². The van der Waals surface area contributed by atoms with Crippen LogP contribution in [0.5, 0.6) is 0 Å². The predicted molar refractivity (Wildman–Crippen MR) is 101 cm³/mol. The van der Waals surface area contributed by atoms with Gasteiger partial charge in [0.05, 0.1) is 13.1 Å². The van der Waals surface area contributed by atoms with Crippen molar-refractivity contribution in [2.75, 3.05) is 27.8 Å². The summed E-state index contributed by atoms with van der Waals surface area (Å²) in [6.45, 7) is 11.2. The minimum atomic E-state index is 0.134. The van der Waals surface area contributed by atoms with Gasteiger partial charge in [0.1, 0.15) is 0 Å². The van der Waals surface area contributed by atoms with Crippen LogP contribution in [0.25, 0.3) is 0 Å². The van der Waals surface area contributed by atoms with Crippen molar-refractivity contribution in [3.05, 3.63) is 29.3 Å². The van der Waals surface area contributed by atoms with E-state index >= 15 is 0 Å². The normalized spacial score (nSPS) is 11.0. The molecule has 1 aromatic carbocycles. The van der Waals surface area contributed by atoms with Crippen molar-refractivity contribution in [1.29, 1.82) is 0 Å². The van der Waals surface area contributed by atoms with E-state index in [1.807, 2.05) is 39.9 Å². The first-order chi connectivity index (χ1) is 10.1. The second kappa shape index (κ2) is 9.27. The Hall–Kier alpha value is -0.920. The summed E-state index contributed by atoms with van der Waals surface area (Å²) in [7, 11) is 8.52. The van der Waals surface area contributed by atoms with E-state index in [1.54, 1.807) is 4.90 Å². The van der Waals surface area contributed by atoms with Gasteiger partial charge in [-0.2, -0.15) is 0 Å². The molecule has 1 amide bonds. The summed E-state index contributed by atoms with van der Waals surface area (Å²) in [6, 6.07) is 6.37. The molecule has 126 valence electrons. The van der Waals surface area contributed by atoms with E-state index in [1.165, 1.54) is 5.56 Å². The first kappa shape index (κ1) is 21.1. The SMILES string of the molecule is CC.CN(C)CN(C)C(=O)Cc1ccc(C(C)(C)C)cc1P. The molecule has 0 bridgehead atoms. The van der Waals surface area contributed by atoms with Gasteiger partial charge in [0.15, 0.2) is 0 Å². The molecule has 0 aliphatic carbocycles. The van der Waals surface area contributed by atoms with Gasteiger partial charge < -0.3 is 4.90 Å². The molecule has 1 atom stereocenters. The van der Waals surface area contributed by atoms with Crippen LogP contribution in [0.3, 0.4) is 0 Å². The zero-order valence-electron chi connectivity index (χ0n) is 15.5. The molecule has 1 aromatic rings. The molecular formula is C18H33N2OP. The molecule has 0 spiro atoms. The van der Waals surface area contributed by atoms with Crippen molar-refractivity contribution in [3.8, 4) is 0 Å². The summed E-state index contributed by atoms with van der Waals surface area (Å²) < 4.78 is 0. The minimum absolute atomic E-state index is 0.134. The highest BCUT2D eigenvalue weighted by atomic mass is 31.0. The summed E-state index contributed by atoms with van der Waals surface area (Å²) in [5.74, 6) is 0.144. The van der Waals surface area contributed by atoms with Gasteiger partial charge in [-0.05, 0) is 35.9 Å².